The maximum absolute atomic E-state index is 11.5. The molecule has 7 nitrogen and oxygen atoms in total. The van der Waals surface area contributed by atoms with E-state index in [4.69, 9.17) is 10.2 Å². The number of anilines is 2. The number of nitrogens with two attached hydrogens (primary N) is 1. The van der Waals surface area contributed by atoms with Gasteiger partial charge in [0, 0.05) is 49.5 Å². The Morgan fingerprint density at radius 2 is 1.90 bits per heavy atom. The highest BCUT2D eigenvalue weighted by molar-refractivity contribution is 5.99. The Morgan fingerprint density at radius 3 is 2.70 bits per heavy atom. The van der Waals surface area contributed by atoms with E-state index in [0.29, 0.717) is 12.0 Å². The minimum absolute atomic E-state index is 0.0812. The molecular formula is C23H24N4O3. The maximum atomic E-state index is 11.5. The molecule has 0 aliphatic carbocycles. The van der Waals surface area contributed by atoms with Crippen molar-refractivity contribution in [2.24, 2.45) is 5.73 Å². The zero-order valence-electron chi connectivity index (χ0n) is 16.7. The number of furan rings is 1. The summed E-state index contributed by atoms with van der Waals surface area (Å²) in [6.07, 6.45) is 1.47. The molecule has 3 aromatic rings. The largest absolute Gasteiger partial charge is 0.451 e. The van der Waals surface area contributed by atoms with Gasteiger partial charge in [-0.05, 0) is 47.9 Å². The van der Waals surface area contributed by atoms with Crippen LogP contribution in [0.15, 0.2) is 46.9 Å². The van der Waals surface area contributed by atoms with E-state index in [-0.39, 0.29) is 11.7 Å². The molecular weight excluding hydrogens is 380 g/mol. The molecule has 0 atom stereocenters. The summed E-state index contributed by atoms with van der Waals surface area (Å²) in [5, 5.41) is 3.78. The molecule has 154 valence electrons. The Labute approximate surface area is 174 Å². The van der Waals surface area contributed by atoms with Crippen LogP contribution in [0.5, 0.6) is 0 Å². The number of nitrogens with one attached hydrogen (secondary N) is 1. The molecule has 2 aliphatic heterocycles. The highest BCUT2D eigenvalue weighted by Crippen LogP contribution is 2.26. The van der Waals surface area contributed by atoms with E-state index in [1.165, 1.54) is 5.56 Å². The molecule has 1 aromatic heterocycles. The van der Waals surface area contributed by atoms with Crippen LogP contribution in [0, 0.1) is 0 Å². The van der Waals surface area contributed by atoms with Gasteiger partial charge in [-0.25, -0.2) is 0 Å². The minimum Gasteiger partial charge on any atom is -0.451 e. The van der Waals surface area contributed by atoms with Gasteiger partial charge in [0.05, 0.1) is 6.42 Å². The lowest BCUT2D eigenvalue weighted by molar-refractivity contribution is -0.115. The number of primary amides is 1. The Morgan fingerprint density at radius 1 is 1.07 bits per heavy atom. The van der Waals surface area contributed by atoms with Crippen LogP contribution in [0.25, 0.3) is 11.0 Å². The fourth-order valence-electron chi connectivity index (χ4n) is 4.30. The first kappa shape index (κ1) is 18.7. The van der Waals surface area contributed by atoms with Crippen LogP contribution < -0.4 is 16.0 Å². The number of rotatable bonds is 5. The number of piperazine rings is 1. The van der Waals surface area contributed by atoms with Gasteiger partial charge in [0.1, 0.15) is 5.58 Å². The fourth-order valence-corrected chi connectivity index (χ4v) is 4.30. The summed E-state index contributed by atoms with van der Waals surface area (Å²) in [7, 11) is 0. The second-order valence-electron chi connectivity index (χ2n) is 7.99. The number of carbonyl (C=O) groups is 2. The first-order valence-corrected chi connectivity index (χ1v) is 10.3. The first-order valence-electron chi connectivity index (χ1n) is 10.3. The molecule has 30 heavy (non-hydrogen) atoms. The van der Waals surface area contributed by atoms with Gasteiger partial charge in [0.25, 0.3) is 5.91 Å². The zero-order chi connectivity index (χ0) is 20.7. The fraction of sp³-hybridized carbons (Fsp3) is 0.304. The van der Waals surface area contributed by atoms with Crippen LogP contribution in [0.3, 0.4) is 0 Å². The average Bonchev–Trinajstić information content (AvgIpc) is 3.34. The lowest BCUT2D eigenvalue weighted by Gasteiger charge is -2.36. The van der Waals surface area contributed by atoms with Crippen molar-refractivity contribution >= 4 is 34.2 Å². The van der Waals surface area contributed by atoms with E-state index in [1.807, 2.05) is 18.2 Å². The Balaban J connectivity index is 1.17. The Bertz CT molecular complexity index is 1130. The first-order chi connectivity index (χ1) is 14.5. The zero-order valence-corrected chi connectivity index (χ0v) is 16.7. The van der Waals surface area contributed by atoms with Gasteiger partial charge in [0.15, 0.2) is 5.76 Å². The van der Waals surface area contributed by atoms with Gasteiger partial charge in [-0.3, -0.25) is 14.5 Å². The lowest BCUT2D eigenvalue weighted by atomic mass is 10.1. The normalized spacial score (nSPS) is 16.7. The smallest absolute Gasteiger partial charge is 0.284 e. The molecule has 3 heterocycles. The van der Waals surface area contributed by atoms with Gasteiger partial charge in [-0.15, -0.1) is 0 Å². The predicted molar refractivity (Wildman–Crippen MR) is 116 cm³/mol. The van der Waals surface area contributed by atoms with Crippen molar-refractivity contribution in [3.8, 4) is 0 Å². The molecule has 2 amide bonds. The molecule has 2 aliphatic rings. The molecule has 7 heteroatoms. The Hall–Kier alpha value is -3.32. The van der Waals surface area contributed by atoms with Gasteiger partial charge in [0.2, 0.25) is 5.91 Å². The molecule has 0 saturated carbocycles. The van der Waals surface area contributed by atoms with Crippen molar-refractivity contribution in [2.75, 3.05) is 42.9 Å². The average molecular weight is 404 g/mol. The number of benzene rings is 2. The van der Waals surface area contributed by atoms with E-state index < -0.39 is 5.91 Å². The van der Waals surface area contributed by atoms with Crippen LogP contribution in [-0.4, -0.2) is 49.4 Å². The number of hydrogen-bond acceptors (Lipinski definition) is 5. The van der Waals surface area contributed by atoms with E-state index in [0.717, 1.165) is 61.5 Å². The molecule has 0 spiro atoms. The third kappa shape index (κ3) is 3.64. The SMILES string of the molecule is NC(=O)c1cc2cc(N3CCN(CCc4ccc5c(c4)CC(=O)N5)CC3)ccc2o1. The lowest BCUT2D eigenvalue weighted by Crippen LogP contribution is -2.47. The van der Waals surface area contributed by atoms with E-state index >= 15 is 0 Å². The van der Waals surface area contributed by atoms with Gasteiger partial charge in [-0.1, -0.05) is 12.1 Å². The standard InChI is InChI=1S/C23H24N4O3/c24-23(29)21-13-17-12-18(2-4-20(17)30-21)27-9-7-26(8-10-27)6-5-15-1-3-19-16(11-15)14-22(28)25-19/h1-4,11-13H,5-10,14H2,(H2,24,29)(H,25,28). The minimum atomic E-state index is -0.549. The third-order valence-electron chi connectivity index (χ3n) is 5.99. The van der Waals surface area contributed by atoms with Crippen LogP contribution >= 0.6 is 0 Å². The monoisotopic (exact) mass is 404 g/mol. The summed E-state index contributed by atoms with van der Waals surface area (Å²) in [6.45, 7) is 4.92. The molecule has 1 saturated heterocycles. The predicted octanol–water partition coefficient (Wildman–Crippen LogP) is 2.39. The molecule has 0 radical (unpaired) electrons. The summed E-state index contributed by atoms with van der Waals surface area (Å²) >= 11 is 0. The van der Waals surface area contributed by atoms with E-state index in [2.05, 4.69) is 33.3 Å². The molecule has 0 unspecified atom stereocenters. The van der Waals surface area contributed by atoms with Crippen LogP contribution in [0.4, 0.5) is 11.4 Å². The maximum Gasteiger partial charge on any atom is 0.284 e. The van der Waals surface area contributed by atoms with E-state index in [1.54, 1.807) is 6.07 Å². The Kier molecular flexibility index (Phi) is 4.67. The quantitative estimate of drug-likeness (QED) is 0.681. The van der Waals surface area contributed by atoms with Crippen LogP contribution in [0.1, 0.15) is 21.7 Å². The topological polar surface area (TPSA) is 91.8 Å². The van der Waals surface area contributed by atoms with Crippen molar-refractivity contribution in [1.29, 1.82) is 0 Å². The highest BCUT2D eigenvalue weighted by Gasteiger charge is 2.20. The van der Waals surface area contributed by atoms with Crippen molar-refractivity contribution in [2.45, 2.75) is 12.8 Å². The highest BCUT2D eigenvalue weighted by atomic mass is 16.3. The number of nitrogens with zero attached hydrogens (tertiary/aromatic N) is 2. The summed E-state index contributed by atoms with van der Waals surface area (Å²) in [4.78, 5) is 27.7. The van der Waals surface area contributed by atoms with Gasteiger partial charge >= 0.3 is 0 Å². The molecule has 2 aromatic carbocycles. The molecule has 5 rings (SSSR count). The van der Waals surface area contributed by atoms with Crippen LogP contribution in [0.2, 0.25) is 0 Å². The second kappa shape index (κ2) is 7.50. The summed E-state index contributed by atoms with van der Waals surface area (Å²) < 4.78 is 5.47. The van der Waals surface area contributed by atoms with Crippen LogP contribution in [-0.2, 0) is 17.6 Å². The van der Waals surface area contributed by atoms with Crippen molar-refractivity contribution < 1.29 is 14.0 Å². The second-order valence-corrected chi connectivity index (χ2v) is 7.99. The third-order valence-corrected chi connectivity index (χ3v) is 5.99. The number of carbonyl (C=O) groups excluding carboxylic acids is 2. The van der Waals surface area contributed by atoms with Crippen molar-refractivity contribution in [1.82, 2.24) is 4.90 Å². The van der Waals surface area contributed by atoms with Gasteiger partial charge < -0.3 is 20.4 Å². The molecule has 1 fully saturated rings. The summed E-state index contributed by atoms with van der Waals surface area (Å²) in [5.41, 5.74) is 10.5. The molecule has 3 N–H and O–H groups in total. The van der Waals surface area contributed by atoms with Crippen molar-refractivity contribution in [3.05, 3.63) is 59.4 Å². The van der Waals surface area contributed by atoms with E-state index in [9.17, 15) is 9.59 Å². The number of fused-ring (bicyclic) bond motifs is 2. The van der Waals surface area contributed by atoms with Gasteiger partial charge in [-0.2, -0.15) is 0 Å². The number of hydrogen-bond donors (Lipinski definition) is 2. The summed E-state index contributed by atoms with van der Waals surface area (Å²) in [6, 6.07) is 14.0. The molecule has 0 bridgehead atoms. The van der Waals surface area contributed by atoms with Crippen molar-refractivity contribution in [3.63, 3.8) is 0 Å². The summed E-state index contributed by atoms with van der Waals surface area (Å²) in [5.74, 6) is -0.274. The number of amides is 2.